The Hall–Kier alpha value is -3.15. The van der Waals surface area contributed by atoms with Gasteiger partial charge in [0.2, 0.25) is 5.91 Å². The van der Waals surface area contributed by atoms with Gasteiger partial charge in [0.15, 0.2) is 0 Å². The molecule has 1 unspecified atom stereocenters. The van der Waals surface area contributed by atoms with Gasteiger partial charge in [0.1, 0.15) is 12.4 Å². The summed E-state index contributed by atoms with van der Waals surface area (Å²) in [5.74, 6) is 0.551. The van der Waals surface area contributed by atoms with Gasteiger partial charge >= 0.3 is 0 Å². The van der Waals surface area contributed by atoms with Crippen molar-refractivity contribution in [2.24, 2.45) is 0 Å². The molecule has 0 radical (unpaired) electrons. The SMILES string of the molecule is CCN(CC)C(=O)Cn1c(C(C)NC(=O)c2ccc(C)cc2)nc2ccccc21. The highest BCUT2D eigenvalue weighted by Crippen LogP contribution is 2.21. The highest BCUT2D eigenvalue weighted by molar-refractivity contribution is 5.94. The van der Waals surface area contributed by atoms with Crippen molar-refractivity contribution in [2.45, 2.75) is 40.3 Å². The third-order valence-corrected chi connectivity index (χ3v) is 5.14. The van der Waals surface area contributed by atoms with Crippen LogP contribution in [-0.2, 0) is 11.3 Å². The number of carbonyl (C=O) groups is 2. The summed E-state index contributed by atoms with van der Waals surface area (Å²) in [4.78, 5) is 31.9. The van der Waals surface area contributed by atoms with Crippen LogP contribution in [0.3, 0.4) is 0 Å². The van der Waals surface area contributed by atoms with Crippen LogP contribution in [0, 0.1) is 6.92 Å². The lowest BCUT2D eigenvalue weighted by atomic mass is 10.1. The maximum atomic E-state index is 12.8. The first kappa shape index (κ1) is 20.6. The molecule has 1 atom stereocenters. The first-order chi connectivity index (χ1) is 13.9. The lowest BCUT2D eigenvalue weighted by Crippen LogP contribution is -2.35. The number of aromatic nitrogens is 2. The maximum absolute atomic E-state index is 12.8. The Morgan fingerprint density at radius 2 is 1.72 bits per heavy atom. The molecule has 3 rings (SSSR count). The third kappa shape index (κ3) is 4.47. The molecule has 1 heterocycles. The number of nitrogens with zero attached hydrogens (tertiary/aromatic N) is 3. The lowest BCUT2D eigenvalue weighted by molar-refractivity contribution is -0.131. The molecule has 0 bridgehead atoms. The van der Waals surface area contributed by atoms with E-state index >= 15 is 0 Å². The number of carbonyl (C=O) groups excluding carboxylic acids is 2. The summed E-state index contributed by atoms with van der Waals surface area (Å²) in [6.07, 6.45) is 0. The topological polar surface area (TPSA) is 67.2 Å². The summed E-state index contributed by atoms with van der Waals surface area (Å²) in [5.41, 5.74) is 3.40. The highest BCUT2D eigenvalue weighted by Gasteiger charge is 2.21. The Kier molecular flexibility index (Phi) is 6.32. The molecule has 6 heteroatoms. The molecule has 0 spiro atoms. The predicted molar refractivity (Wildman–Crippen MR) is 115 cm³/mol. The van der Waals surface area contributed by atoms with Crippen LogP contribution >= 0.6 is 0 Å². The fourth-order valence-corrected chi connectivity index (χ4v) is 3.45. The highest BCUT2D eigenvalue weighted by atomic mass is 16.2. The molecule has 0 fully saturated rings. The van der Waals surface area contributed by atoms with E-state index in [0.717, 1.165) is 16.6 Å². The molecule has 0 aliphatic rings. The zero-order chi connectivity index (χ0) is 21.0. The quantitative estimate of drug-likeness (QED) is 0.667. The summed E-state index contributed by atoms with van der Waals surface area (Å²) in [5, 5.41) is 3.02. The molecule has 0 saturated carbocycles. The van der Waals surface area contributed by atoms with Crippen molar-refractivity contribution >= 4 is 22.8 Å². The largest absolute Gasteiger partial charge is 0.342 e. The second-order valence-corrected chi connectivity index (χ2v) is 7.17. The minimum absolute atomic E-state index is 0.0384. The molecule has 0 aliphatic heterocycles. The Morgan fingerprint density at radius 1 is 1.07 bits per heavy atom. The van der Waals surface area contributed by atoms with Crippen LogP contribution < -0.4 is 5.32 Å². The maximum Gasteiger partial charge on any atom is 0.251 e. The van der Waals surface area contributed by atoms with Gasteiger partial charge in [0.05, 0.1) is 17.1 Å². The monoisotopic (exact) mass is 392 g/mol. The Morgan fingerprint density at radius 3 is 2.38 bits per heavy atom. The van der Waals surface area contributed by atoms with Crippen molar-refractivity contribution in [3.63, 3.8) is 0 Å². The standard InChI is InChI=1S/C23H28N4O2/c1-5-26(6-2)21(28)15-27-20-10-8-7-9-19(20)25-22(27)17(4)24-23(29)18-13-11-16(3)12-14-18/h7-14,17H,5-6,15H2,1-4H3,(H,24,29). The number of aryl methyl sites for hydroxylation is 1. The summed E-state index contributed by atoms with van der Waals surface area (Å²) in [6.45, 7) is 9.35. The molecule has 1 aromatic heterocycles. The predicted octanol–water partition coefficient (Wildman–Crippen LogP) is 3.70. The Bertz CT molecular complexity index is 1000. The molecule has 152 valence electrons. The Balaban J connectivity index is 1.90. The van der Waals surface area contributed by atoms with E-state index in [0.29, 0.717) is 24.5 Å². The molecular formula is C23H28N4O2. The molecule has 0 aliphatic carbocycles. The number of para-hydroxylation sites is 2. The second kappa shape index (κ2) is 8.90. The van der Waals surface area contributed by atoms with Gasteiger partial charge in [-0.05, 0) is 52.0 Å². The van der Waals surface area contributed by atoms with Crippen LogP contribution in [0.2, 0.25) is 0 Å². The van der Waals surface area contributed by atoms with Crippen molar-refractivity contribution in [1.82, 2.24) is 19.8 Å². The third-order valence-electron chi connectivity index (χ3n) is 5.14. The normalized spacial score (nSPS) is 12.0. The van der Waals surface area contributed by atoms with Gasteiger partial charge in [0, 0.05) is 18.7 Å². The number of imidazole rings is 1. The van der Waals surface area contributed by atoms with E-state index in [2.05, 4.69) is 5.32 Å². The van der Waals surface area contributed by atoms with Gasteiger partial charge in [-0.1, -0.05) is 29.8 Å². The van der Waals surface area contributed by atoms with E-state index in [-0.39, 0.29) is 24.4 Å². The average Bonchev–Trinajstić information content (AvgIpc) is 3.08. The molecule has 2 amide bonds. The average molecular weight is 393 g/mol. The summed E-state index contributed by atoms with van der Waals surface area (Å²) >= 11 is 0. The van der Waals surface area contributed by atoms with Crippen LogP contribution in [0.25, 0.3) is 11.0 Å². The number of fused-ring (bicyclic) bond motifs is 1. The van der Waals surface area contributed by atoms with Gasteiger partial charge in [-0.25, -0.2) is 4.98 Å². The molecule has 29 heavy (non-hydrogen) atoms. The first-order valence-corrected chi connectivity index (χ1v) is 10.0. The molecule has 1 N–H and O–H groups in total. The van der Waals surface area contributed by atoms with Crippen molar-refractivity contribution in [1.29, 1.82) is 0 Å². The Labute approximate surface area is 171 Å². The number of nitrogens with one attached hydrogen (secondary N) is 1. The van der Waals surface area contributed by atoms with Crippen molar-refractivity contribution in [3.05, 3.63) is 65.5 Å². The van der Waals surface area contributed by atoms with Gasteiger partial charge in [-0.2, -0.15) is 0 Å². The molecule has 2 aromatic carbocycles. The van der Waals surface area contributed by atoms with Gasteiger partial charge in [-0.3, -0.25) is 9.59 Å². The van der Waals surface area contributed by atoms with Crippen LogP contribution in [0.4, 0.5) is 0 Å². The van der Waals surface area contributed by atoms with Crippen molar-refractivity contribution in [2.75, 3.05) is 13.1 Å². The minimum Gasteiger partial charge on any atom is -0.342 e. The van der Waals surface area contributed by atoms with E-state index in [4.69, 9.17) is 4.98 Å². The van der Waals surface area contributed by atoms with E-state index in [1.807, 2.05) is 80.8 Å². The van der Waals surface area contributed by atoms with Gasteiger partial charge in [-0.15, -0.1) is 0 Å². The second-order valence-electron chi connectivity index (χ2n) is 7.17. The van der Waals surface area contributed by atoms with E-state index in [1.54, 1.807) is 4.90 Å². The minimum atomic E-state index is -0.347. The van der Waals surface area contributed by atoms with Gasteiger partial charge in [0.25, 0.3) is 5.91 Å². The molecule has 6 nitrogen and oxygen atoms in total. The zero-order valence-corrected chi connectivity index (χ0v) is 17.5. The van der Waals surface area contributed by atoms with E-state index in [9.17, 15) is 9.59 Å². The molecule has 0 saturated heterocycles. The summed E-state index contributed by atoms with van der Waals surface area (Å²) < 4.78 is 1.91. The van der Waals surface area contributed by atoms with Gasteiger partial charge < -0.3 is 14.8 Å². The summed E-state index contributed by atoms with van der Waals surface area (Å²) in [6, 6.07) is 14.8. The lowest BCUT2D eigenvalue weighted by Gasteiger charge is -2.21. The van der Waals surface area contributed by atoms with Crippen molar-refractivity contribution < 1.29 is 9.59 Å². The molecule has 3 aromatic rings. The number of benzene rings is 2. The van der Waals surface area contributed by atoms with E-state index in [1.165, 1.54) is 0 Å². The summed E-state index contributed by atoms with van der Waals surface area (Å²) in [7, 11) is 0. The van der Waals surface area contributed by atoms with Crippen LogP contribution in [0.1, 0.15) is 48.6 Å². The fraction of sp³-hybridized carbons (Fsp3) is 0.348. The van der Waals surface area contributed by atoms with Crippen LogP contribution in [-0.4, -0.2) is 39.4 Å². The number of likely N-dealkylation sites (N-methyl/N-ethyl adjacent to an activating group) is 1. The number of hydrogen-bond donors (Lipinski definition) is 1. The molecular weight excluding hydrogens is 364 g/mol. The van der Waals surface area contributed by atoms with Crippen molar-refractivity contribution in [3.8, 4) is 0 Å². The van der Waals surface area contributed by atoms with Crippen LogP contribution in [0.5, 0.6) is 0 Å². The fourth-order valence-electron chi connectivity index (χ4n) is 3.45. The smallest absolute Gasteiger partial charge is 0.251 e. The van der Waals surface area contributed by atoms with E-state index < -0.39 is 0 Å². The van der Waals surface area contributed by atoms with Crippen LogP contribution in [0.15, 0.2) is 48.5 Å². The number of rotatable bonds is 7. The number of amides is 2. The zero-order valence-electron chi connectivity index (χ0n) is 17.5. The number of hydrogen-bond acceptors (Lipinski definition) is 3. The first-order valence-electron chi connectivity index (χ1n) is 10.0.